The van der Waals surface area contributed by atoms with E-state index in [1.54, 1.807) is 7.11 Å². The number of rotatable bonds is 6. The van der Waals surface area contributed by atoms with Crippen LogP contribution in [-0.2, 0) is 6.54 Å². The van der Waals surface area contributed by atoms with Gasteiger partial charge in [0.05, 0.1) is 13.7 Å². The van der Waals surface area contributed by atoms with Gasteiger partial charge in [0.15, 0.2) is 0 Å². The van der Waals surface area contributed by atoms with Crippen LogP contribution in [-0.4, -0.2) is 23.2 Å². The van der Waals surface area contributed by atoms with E-state index in [-0.39, 0.29) is 0 Å². The maximum Gasteiger partial charge on any atom is 0.203 e. The summed E-state index contributed by atoms with van der Waals surface area (Å²) in [5.74, 6) is 2.40. The predicted octanol–water partition coefficient (Wildman–Crippen LogP) is 3.01. The molecule has 1 aromatic heterocycles. The number of methoxy groups -OCH3 is 1. The van der Waals surface area contributed by atoms with E-state index in [1.165, 1.54) is 5.56 Å². The fraction of sp³-hybridized carbons (Fsp3) is 0.400. The van der Waals surface area contributed by atoms with Crippen molar-refractivity contribution in [2.45, 2.75) is 20.4 Å². The lowest BCUT2D eigenvalue weighted by Crippen LogP contribution is -2.13. The summed E-state index contributed by atoms with van der Waals surface area (Å²) in [6.07, 6.45) is 3.81. The van der Waals surface area contributed by atoms with Crippen molar-refractivity contribution in [3.63, 3.8) is 0 Å². The molecular formula is C15H21N3O. The minimum atomic E-state index is 0.599. The van der Waals surface area contributed by atoms with Crippen LogP contribution in [0.2, 0.25) is 0 Å². The molecule has 4 heteroatoms. The van der Waals surface area contributed by atoms with E-state index < -0.39 is 0 Å². The number of nitrogens with zero attached hydrogens (tertiary/aromatic N) is 2. The van der Waals surface area contributed by atoms with Crippen LogP contribution in [0.3, 0.4) is 0 Å². The van der Waals surface area contributed by atoms with Crippen molar-refractivity contribution in [2.75, 3.05) is 19.0 Å². The Morgan fingerprint density at radius 3 is 2.95 bits per heavy atom. The molecule has 102 valence electrons. The van der Waals surface area contributed by atoms with E-state index in [9.17, 15) is 0 Å². The van der Waals surface area contributed by atoms with Crippen molar-refractivity contribution in [3.05, 3.63) is 42.2 Å². The molecule has 19 heavy (non-hydrogen) atoms. The summed E-state index contributed by atoms with van der Waals surface area (Å²) >= 11 is 0. The van der Waals surface area contributed by atoms with Gasteiger partial charge in [-0.1, -0.05) is 26.0 Å². The zero-order valence-corrected chi connectivity index (χ0v) is 11.8. The third-order valence-corrected chi connectivity index (χ3v) is 2.87. The van der Waals surface area contributed by atoms with Crippen molar-refractivity contribution >= 4 is 5.95 Å². The second-order valence-corrected chi connectivity index (χ2v) is 5.01. The molecule has 0 aliphatic rings. The van der Waals surface area contributed by atoms with Gasteiger partial charge in [-0.05, 0) is 23.6 Å². The van der Waals surface area contributed by atoms with Crippen LogP contribution in [0.25, 0.3) is 0 Å². The Hall–Kier alpha value is -1.97. The lowest BCUT2D eigenvalue weighted by atomic mass is 10.2. The van der Waals surface area contributed by atoms with Crippen molar-refractivity contribution < 1.29 is 4.74 Å². The van der Waals surface area contributed by atoms with Crippen LogP contribution in [0, 0.1) is 5.92 Å². The summed E-state index contributed by atoms with van der Waals surface area (Å²) in [5.41, 5.74) is 1.20. The molecule has 0 aliphatic carbocycles. The van der Waals surface area contributed by atoms with Gasteiger partial charge in [-0.15, -0.1) is 0 Å². The summed E-state index contributed by atoms with van der Waals surface area (Å²) in [5, 5.41) is 3.36. The molecular weight excluding hydrogens is 238 g/mol. The van der Waals surface area contributed by atoms with Gasteiger partial charge in [0.25, 0.3) is 0 Å². The number of hydrogen-bond acceptors (Lipinski definition) is 3. The predicted molar refractivity (Wildman–Crippen MR) is 77.7 cm³/mol. The molecule has 1 aromatic carbocycles. The average Bonchev–Trinajstić information content (AvgIpc) is 2.84. The maximum atomic E-state index is 5.24. The van der Waals surface area contributed by atoms with Gasteiger partial charge >= 0.3 is 0 Å². The largest absolute Gasteiger partial charge is 0.497 e. The fourth-order valence-corrected chi connectivity index (χ4v) is 1.87. The highest BCUT2D eigenvalue weighted by atomic mass is 16.5. The highest BCUT2D eigenvalue weighted by molar-refractivity contribution is 5.31. The Balaban J connectivity index is 2.08. The van der Waals surface area contributed by atoms with Gasteiger partial charge in [-0.2, -0.15) is 0 Å². The van der Waals surface area contributed by atoms with Crippen molar-refractivity contribution in [2.24, 2.45) is 5.92 Å². The highest BCUT2D eigenvalue weighted by Crippen LogP contribution is 2.15. The van der Waals surface area contributed by atoms with Gasteiger partial charge in [0, 0.05) is 18.9 Å². The standard InChI is InChI=1S/C15H21N3O/c1-12(2)10-17-15-16-7-8-18(15)11-13-5-4-6-14(9-13)19-3/h4-9,12H,10-11H2,1-3H3,(H,16,17). The molecule has 0 fully saturated rings. The first kappa shape index (κ1) is 13.5. The molecule has 4 nitrogen and oxygen atoms in total. The first-order chi connectivity index (χ1) is 9.19. The average molecular weight is 259 g/mol. The molecule has 2 rings (SSSR count). The van der Waals surface area contributed by atoms with Crippen LogP contribution < -0.4 is 10.1 Å². The number of hydrogen-bond donors (Lipinski definition) is 1. The Bertz CT molecular complexity index is 520. The third-order valence-electron chi connectivity index (χ3n) is 2.87. The quantitative estimate of drug-likeness (QED) is 0.866. The topological polar surface area (TPSA) is 39.1 Å². The Morgan fingerprint density at radius 2 is 2.21 bits per heavy atom. The van der Waals surface area contributed by atoms with Crippen molar-refractivity contribution in [1.82, 2.24) is 9.55 Å². The van der Waals surface area contributed by atoms with Gasteiger partial charge in [-0.3, -0.25) is 0 Å². The molecule has 0 aliphatic heterocycles. The molecule has 2 aromatic rings. The van der Waals surface area contributed by atoms with Gasteiger partial charge < -0.3 is 14.6 Å². The summed E-state index contributed by atoms with van der Waals surface area (Å²) in [4.78, 5) is 4.35. The second-order valence-electron chi connectivity index (χ2n) is 5.01. The van der Waals surface area contributed by atoms with Gasteiger partial charge in [0.1, 0.15) is 5.75 Å². The van der Waals surface area contributed by atoms with E-state index >= 15 is 0 Å². The zero-order valence-electron chi connectivity index (χ0n) is 11.8. The highest BCUT2D eigenvalue weighted by Gasteiger charge is 2.04. The monoisotopic (exact) mass is 259 g/mol. The number of anilines is 1. The molecule has 0 unspecified atom stereocenters. The van der Waals surface area contributed by atoms with Gasteiger partial charge in [-0.25, -0.2) is 4.98 Å². The maximum absolute atomic E-state index is 5.24. The Labute approximate surface area is 114 Å². The Kier molecular flexibility index (Phi) is 4.44. The lowest BCUT2D eigenvalue weighted by molar-refractivity contribution is 0.414. The normalized spacial score (nSPS) is 10.7. The van der Waals surface area contributed by atoms with Crippen LogP contribution in [0.1, 0.15) is 19.4 Å². The molecule has 0 atom stereocenters. The summed E-state index contributed by atoms with van der Waals surface area (Å²) in [6.45, 7) is 6.08. The molecule has 0 amide bonds. The molecule has 1 N–H and O–H groups in total. The van der Waals surface area contributed by atoms with Crippen molar-refractivity contribution in [1.29, 1.82) is 0 Å². The Morgan fingerprint density at radius 1 is 1.37 bits per heavy atom. The van der Waals surface area contributed by atoms with Crippen LogP contribution in [0.4, 0.5) is 5.95 Å². The number of ether oxygens (including phenoxy) is 1. The van der Waals surface area contributed by atoms with Gasteiger partial charge in [0.2, 0.25) is 5.95 Å². The number of benzene rings is 1. The second kappa shape index (κ2) is 6.27. The minimum Gasteiger partial charge on any atom is -0.497 e. The third kappa shape index (κ3) is 3.74. The van der Waals surface area contributed by atoms with E-state index in [0.29, 0.717) is 5.92 Å². The molecule has 0 saturated carbocycles. The molecule has 0 spiro atoms. The fourth-order valence-electron chi connectivity index (χ4n) is 1.87. The summed E-state index contributed by atoms with van der Waals surface area (Å²) < 4.78 is 7.35. The van der Waals surface area contributed by atoms with E-state index in [1.807, 2.05) is 30.6 Å². The number of imidazole rings is 1. The van der Waals surface area contributed by atoms with E-state index in [0.717, 1.165) is 24.8 Å². The zero-order chi connectivity index (χ0) is 13.7. The minimum absolute atomic E-state index is 0.599. The molecule has 0 radical (unpaired) electrons. The molecule has 1 heterocycles. The number of aromatic nitrogens is 2. The smallest absolute Gasteiger partial charge is 0.203 e. The molecule has 0 saturated heterocycles. The number of nitrogens with one attached hydrogen (secondary N) is 1. The molecule has 0 bridgehead atoms. The van der Waals surface area contributed by atoms with Crippen LogP contribution in [0.5, 0.6) is 5.75 Å². The summed E-state index contributed by atoms with van der Waals surface area (Å²) in [7, 11) is 1.69. The van der Waals surface area contributed by atoms with Crippen LogP contribution in [0.15, 0.2) is 36.7 Å². The van der Waals surface area contributed by atoms with E-state index in [2.05, 4.69) is 34.8 Å². The summed E-state index contributed by atoms with van der Waals surface area (Å²) in [6, 6.07) is 8.10. The van der Waals surface area contributed by atoms with Crippen molar-refractivity contribution in [3.8, 4) is 5.75 Å². The first-order valence-corrected chi connectivity index (χ1v) is 6.57. The van der Waals surface area contributed by atoms with Crippen LogP contribution >= 0.6 is 0 Å². The lowest BCUT2D eigenvalue weighted by Gasteiger charge is -2.12. The first-order valence-electron chi connectivity index (χ1n) is 6.57. The van der Waals surface area contributed by atoms with E-state index in [4.69, 9.17) is 4.74 Å². The SMILES string of the molecule is COc1cccc(Cn2ccnc2NCC(C)C)c1.